The molecule has 0 spiro atoms. The highest BCUT2D eigenvalue weighted by atomic mass is 32.2. The zero-order chi connectivity index (χ0) is 20.9. The summed E-state index contributed by atoms with van der Waals surface area (Å²) < 4.78 is 22.7. The molecular weight excluding hydrogens is 374 g/mol. The van der Waals surface area contributed by atoms with Crippen LogP contribution in [0.15, 0.2) is 16.9 Å². The van der Waals surface area contributed by atoms with E-state index in [0.29, 0.717) is 24.1 Å². The van der Waals surface area contributed by atoms with E-state index < -0.39 is 11.4 Å². The first-order valence-electron chi connectivity index (χ1n) is 9.71. The first kappa shape index (κ1) is 21.3. The van der Waals surface area contributed by atoms with E-state index in [9.17, 15) is 9.35 Å². The lowest BCUT2D eigenvalue weighted by atomic mass is 9.88. The van der Waals surface area contributed by atoms with Gasteiger partial charge in [0.15, 0.2) is 0 Å². The third kappa shape index (κ3) is 3.85. The van der Waals surface area contributed by atoms with Gasteiger partial charge in [-0.3, -0.25) is 9.36 Å². The molecule has 1 fully saturated rings. The topological polar surface area (TPSA) is 79.2 Å². The Labute approximate surface area is 170 Å². The molecule has 2 unspecified atom stereocenters. The first-order chi connectivity index (χ1) is 12.9. The van der Waals surface area contributed by atoms with E-state index in [2.05, 4.69) is 11.6 Å². The maximum absolute atomic E-state index is 13.2. The van der Waals surface area contributed by atoms with E-state index in [4.69, 9.17) is 9.72 Å². The molecule has 0 saturated carbocycles. The van der Waals surface area contributed by atoms with Crippen LogP contribution in [0, 0.1) is 6.92 Å². The fraction of sp³-hybridized carbons (Fsp3) is 0.619. The highest BCUT2D eigenvalue weighted by Gasteiger charge is 2.36. The van der Waals surface area contributed by atoms with Crippen molar-refractivity contribution in [2.45, 2.75) is 64.2 Å². The molecule has 0 bridgehead atoms. The second-order valence-electron chi connectivity index (χ2n) is 9.13. The summed E-state index contributed by atoms with van der Waals surface area (Å²) in [6.07, 6.45) is 0.835. The Morgan fingerprint density at radius 2 is 2.07 bits per heavy atom. The van der Waals surface area contributed by atoms with Crippen molar-refractivity contribution in [1.29, 1.82) is 0 Å². The van der Waals surface area contributed by atoms with E-state index in [0.717, 1.165) is 23.4 Å². The van der Waals surface area contributed by atoms with Crippen LogP contribution in [0.25, 0.3) is 10.9 Å². The quantitative estimate of drug-likeness (QED) is 0.791. The molecule has 1 aliphatic heterocycles. The Kier molecular flexibility index (Phi) is 5.66. The van der Waals surface area contributed by atoms with Crippen LogP contribution in [0.1, 0.15) is 64.0 Å². The van der Waals surface area contributed by atoms with Crippen molar-refractivity contribution in [3.63, 3.8) is 0 Å². The molecule has 0 radical (unpaired) electrons. The van der Waals surface area contributed by atoms with Gasteiger partial charge in [-0.1, -0.05) is 13.0 Å². The van der Waals surface area contributed by atoms with Gasteiger partial charge in [0.2, 0.25) is 0 Å². The number of aromatic nitrogens is 2. The molecular formula is C21H31N3O3S. The number of hydrogen-bond acceptors (Lipinski definition) is 5. The minimum Gasteiger partial charge on any atom is -0.598 e. The number of nitrogens with zero attached hydrogens (tertiary/aromatic N) is 2. The van der Waals surface area contributed by atoms with Gasteiger partial charge in [-0.05, 0) is 52.7 Å². The summed E-state index contributed by atoms with van der Waals surface area (Å²) >= 11 is -1.22. The number of benzene rings is 1. The fourth-order valence-corrected chi connectivity index (χ4v) is 4.47. The van der Waals surface area contributed by atoms with E-state index in [1.165, 1.54) is 0 Å². The lowest BCUT2D eigenvalue weighted by Gasteiger charge is -2.28. The SMILES string of the molecule is Cc1cc([C@@H](C)N[S+]([O-])C(C)(C)C)c2nc(C3(C)CCOC3)n(C)c(=O)c2c1. The Morgan fingerprint density at radius 3 is 2.64 bits per heavy atom. The smallest absolute Gasteiger partial charge is 0.261 e. The summed E-state index contributed by atoms with van der Waals surface area (Å²) in [4.78, 5) is 18.1. The van der Waals surface area contributed by atoms with Crippen LogP contribution in [0.3, 0.4) is 0 Å². The molecule has 6 nitrogen and oxygen atoms in total. The summed E-state index contributed by atoms with van der Waals surface area (Å²) in [7, 11) is 1.78. The minimum atomic E-state index is -1.22. The maximum atomic E-state index is 13.2. The van der Waals surface area contributed by atoms with Crippen LogP contribution in [0.4, 0.5) is 0 Å². The summed E-state index contributed by atoms with van der Waals surface area (Å²) in [5, 5.41) is 0.596. The van der Waals surface area contributed by atoms with Crippen LogP contribution in [0.2, 0.25) is 0 Å². The minimum absolute atomic E-state index is 0.0535. The second kappa shape index (κ2) is 7.44. The van der Waals surface area contributed by atoms with Crippen LogP contribution in [-0.2, 0) is 28.6 Å². The zero-order valence-corrected chi connectivity index (χ0v) is 18.7. The van der Waals surface area contributed by atoms with Crippen molar-refractivity contribution in [2.75, 3.05) is 13.2 Å². The average Bonchev–Trinajstić information content (AvgIpc) is 3.04. The Hall–Kier alpha value is -1.41. The predicted octanol–water partition coefficient (Wildman–Crippen LogP) is 3.03. The Bertz CT molecular complexity index is 943. The summed E-state index contributed by atoms with van der Waals surface area (Å²) in [5.74, 6) is 0.747. The molecule has 1 aromatic carbocycles. The molecule has 2 heterocycles. The number of nitrogens with one attached hydrogen (secondary N) is 1. The lowest BCUT2D eigenvalue weighted by Crippen LogP contribution is -2.40. The Balaban J connectivity index is 2.18. The van der Waals surface area contributed by atoms with Crippen LogP contribution in [0.5, 0.6) is 0 Å². The molecule has 0 amide bonds. The maximum Gasteiger partial charge on any atom is 0.261 e. The number of ether oxygens (including phenoxy) is 1. The van der Waals surface area contributed by atoms with Gasteiger partial charge in [-0.25, -0.2) is 4.98 Å². The molecule has 2 aromatic rings. The van der Waals surface area contributed by atoms with Gasteiger partial charge in [0, 0.05) is 30.6 Å². The number of aryl methyl sites for hydroxylation is 1. The van der Waals surface area contributed by atoms with Gasteiger partial charge in [0.1, 0.15) is 10.6 Å². The molecule has 1 aliphatic rings. The molecule has 3 rings (SSSR count). The zero-order valence-electron chi connectivity index (χ0n) is 17.9. The second-order valence-corrected chi connectivity index (χ2v) is 11.1. The highest BCUT2D eigenvalue weighted by molar-refractivity contribution is 7.90. The monoisotopic (exact) mass is 405 g/mol. The third-order valence-corrected chi connectivity index (χ3v) is 7.10. The molecule has 1 N–H and O–H groups in total. The highest BCUT2D eigenvalue weighted by Crippen LogP contribution is 2.33. The standard InChI is InChI=1S/C21H31N3O3S/c1-13-10-15(14(2)23-28(26)20(3,4)5)17-16(11-13)18(25)24(7)19(22-17)21(6)8-9-27-12-21/h10-11,14,23H,8-9,12H2,1-7H3/t14-,21?,28?/m1/s1. The van der Waals surface area contributed by atoms with Crippen LogP contribution < -0.4 is 10.3 Å². The fourth-order valence-electron chi connectivity index (χ4n) is 3.67. The Morgan fingerprint density at radius 1 is 1.39 bits per heavy atom. The number of fused-ring (bicyclic) bond motifs is 1. The molecule has 3 atom stereocenters. The largest absolute Gasteiger partial charge is 0.598 e. The normalized spacial score (nSPS) is 22.6. The molecule has 7 heteroatoms. The van der Waals surface area contributed by atoms with E-state index in [-0.39, 0.29) is 21.8 Å². The summed E-state index contributed by atoms with van der Waals surface area (Å²) in [6.45, 7) is 13.1. The van der Waals surface area contributed by atoms with Crippen molar-refractivity contribution in [1.82, 2.24) is 14.3 Å². The lowest BCUT2D eigenvalue weighted by molar-refractivity contribution is 0.178. The van der Waals surface area contributed by atoms with Crippen molar-refractivity contribution in [3.8, 4) is 0 Å². The van der Waals surface area contributed by atoms with Crippen molar-refractivity contribution in [2.24, 2.45) is 7.05 Å². The molecule has 1 saturated heterocycles. The third-order valence-electron chi connectivity index (χ3n) is 5.42. The predicted molar refractivity (Wildman–Crippen MR) is 114 cm³/mol. The molecule has 1 aromatic heterocycles. The van der Waals surface area contributed by atoms with Crippen LogP contribution >= 0.6 is 0 Å². The van der Waals surface area contributed by atoms with Gasteiger partial charge in [0.25, 0.3) is 5.56 Å². The number of rotatable bonds is 4. The van der Waals surface area contributed by atoms with Gasteiger partial charge in [-0.15, -0.1) is 4.72 Å². The molecule has 28 heavy (non-hydrogen) atoms. The first-order valence-corrected chi connectivity index (χ1v) is 10.9. The average molecular weight is 406 g/mol. The van der Waals surface area contributed by atoms with Gasteiger partial charge in [-0.2, -0.15) is 0 Å². The summed E-state index contributed by atoms with van der Waals surface area (Å²) in [5.41, 5.74) is 2.23. The summed E-state index contributed by atoms with van der Waals surface area (Å²) in [6, 6.07) is 3.71. The van der Waals surface area contributed by atoms with Gasteiger partial charge in [0.05, 0.1) is 29.0 Å². The van der Waals surface area contributed by atoms with Gasteiger partial charge < -0.3 is 9.29 Å². The van der Waals surface area contributed by atoms with Crippen molar-refractivity contribution < 1.29 is 9.29 Å². The number of hydrogen-bond donors (Lipinski definition) is 1. The van der Waals surface area contributed by atoms with E-state index in [1.54, 1.807) is 11.6 Å². The van der Waals surface area contributed by atoms with Crippen molar-refractivity contribution >= 4 is 22.3 Å². The molecule has 154 valence electrons. The van der Waals surface area contributed by atoms with Crippen molar-refractivity contribution in [3.05, 3.63) is 39.4 Å². The van der Waals surface area contributed by atoms with Crippen LogP contribution in [-0.4, -0.2) is 32.1 Å². The van der Waals surface area contributed by atoms with Gasteiger partial charge >= 0.3 is 0 Å². The molecule has 0 aliphatic carbocycles. The van der Waals surface area contributed by atoms with E-state index in [1.807, 2.05) is 46.8 Å². The van der Waals surface area contributed by atoms with E-state index >= 15 is 0 Å².